The highest BCUT2D eigenvalue weighted by molar-refractivity contribution is 7.86. The zero-order chi connectivity index (χ0) is 12.6. The number of carbonyl (C=O) groups excluding carboxylic acids is 1. The lowest BCUT2D eigenvalue weighted by Crippen LogP contribution is -2.53. The average molecular weight is 261 g/mol. The van der Waals surface area contributed by atoms with Crippen LogP contribution in [0, 0.1) is 0 Å². The number of aromatic nitrogens is 1. The fourth-order valence-corrected chi connectivity index (χ4v) is 2.04. The molecule has 8 nitrogen and oxygen atoms in total. The largest absolute Gasteiger partial charge is 0.431 e. The predicted molar refractivity (Wildman–Crippen MR) is 57.0 cm³/mol. The van der Waals surface area contributed by atoms with Gasteiger partial charge in [-0.15, -0.1) is 0 Å². The van der Waals surface area contributed by atoms with E-state index in [4.69, 9.17) is 14.3 Å². The lowest BCUT2D eigenvalue weighted by molar-refractivity contribution is 0.0995. The molecule has 1 aliphatic heterocycles. The fourth-order valence-electron chi connectivity index (χ4n) is 1.43. The second-order valence-electron chi connectivity index (χ2n) is 3.71. The molecular formula is C8H11N3O5S. The highest BCUT2D eigenvalue weighted by atomic mass is 32.2. The first-order chi connectivity index (χ1) is 7.85. The number of nitrogens with two attached hydrogens (primary N) is 1. The summed E-state index contributed by atoms with van der Waals surface area (Å²) in [4.78, 5) is 16.3. The summed E-state index contributed by atoms with van der Waals surface area (Å²) in [6.07, 6.45) is 1.74. The van der Waals surface area contributed by atoms with Crippen LogP contribution in [-0.4, -0.2) is 44.8 Å². The number of carbonyl (C=O) groups is 1. The quantitative estimate of drug-likeness (QED) is 0.686. The minimum absolute atomic E-state index is 0.0347. The summed E-state index contributed by atoms with van der Waals surface area (Å²) in [5.41, 5.74) is 5.05. The molecule has 0 atom stereocenters. The smallest absolute Gasteiger partial charge is 0.298 e. The standard InChI is InChI=1S/C8H11N3O5S/c1-17(13,14)16-5-2-11(3-5)8-10-6(4-15-8)7(9)12/h4-5H,2-3H2,1H3,(H2,9,12). The van der Waals surface area contributed by atoms with Gasteiger partial charge in [-0.2, -0.15) is 13.4 Å². The molecule has 1 saturated heterocycles. The van der Waals surface area contributed by atoms with Gasteiger partial charge in [0.15, 0.2) is 5.69 Å². The van der Waals surface area contributed by atoms with Crippen LogP contribution < -0.4 is 10.6 Å². The van der Waals surface area contributed by atoms with Crippen molar-refractivity contribution in [1.82, 2.24) is 4.98 Å². The normalized spacial score (nSPS) is 16.9. The molecular weight excluding hydrogens is 250 g/mol. The molecule has 1 aromatic rings. The topological polar surface area (TPSA) is 116 Å². The van der Waals surface area contributed by atoms with Crippen LogP contribution >= 0.6 is 0 Å². The summed E-state index contributed by atoms with van der Waals surface area (Å²) in [7, 11) is -3.45. The SMILES string of the molecule is CS(=O)(=O)OC1CN(c2nc(C(N)=O)co2)C1. The molecule has 2 rings (SSSR count). The summed E-state index contributed by atoms with van der Waals surface area (Å²) in [5, 5.41) is 0. The van der Waals surface area contributed by atoms with Gasteiger partial charge in [-0.1, -0.05) is 0 Å². The van der Waals surface area contributed by atoms with Crippen molar-refractivity contribution < 1.29 is 21.8 Å². The van der Waals surface area contributed by atoms with E-state index in [0.717, 1.165) is 12.5 Å². The average Bonchev–Trinajstić information content (AvgIpc) is 2.57. The third-order valence-corrected chi connectivity index (χ3v) is 2.80. The third-order valence-electron chi connectivity index (χ3n) is 2.17. The van der Waals surface area contributed by atoms with Gasteiger partial charge in [0.25, 0.3) is 22.0 Å². The van der Waals surface area contributed by atoms with Gasteiger partial charge in [0.1, 0.15) is 12.4 Å². The molecule has 1 aromatic heterocycles. The van der Waals surface area contributed by atoms with Crippen molar-refractivity contribution >= 4 is 22.0 Å². The Hall–Kier alpha value is -1.61. The van der Waals surface area contributed by atoms with Crippen LogP contribution in [0.2, 0.25) is 0 Å². The van der Waals surface area contributed by atoms with Crippen molar-refractivity contribution in [2.75, 3.05) is 24.2 Å². The molecule has 0 unspecified atom stereocenters. The molecule has 0 bridgehead atoms. The Balaban J connectivity index is 1.93. The van der Waals surface area contributed by atoms with Gasteiger partial charge in [-0.3, -0.25) is 8.98 Å². The highest BCUT2D eigenvalue weighted by Gasteiger charge is 2.33. The van der Waals surface area contributed by atoms with Gasteiger partial charge in [-0.25, -0.2) is 0 Å². The first kappa shape index (κ1) is 11.9. The summed E-state index contributed by atoms with van der Waals surface area (Å²) in [6, 6.07) is 0.229. The number of hydrogen-bond donors (Lipinski definition) is 1. The van der Waals surface area contributed by atoms with E-state index in [9.17, 15) is 13.2 Å². The van der Waals surface area contributed by atoms with Crippen LogP contribution in [0.25, 0.3) is 0 Å². The Labute approximate surface area is 97.5 Å². The molecule has 94 valence electrons. The number of oxazole rings is 1. The van der Waals surface area contributed by atoms with Gasteiger partial charge in [0.05, 0.1) is 19.3 Å². The van der Waals surface area contributed by atoms with Crippen molar-refractivity contribution in [1.29, 1.82) is 0 Å². The molecule has 0 aromatic carbocycles. The second kappa shape index (κ2) is 4.00. The molecule has 0 saturated carbocycles. The van der Waals surface area contributed by atoms with Crippen molar-refractivity contribution in [2.24, 2.45) is 5.73 Å². The van der Waals surface area contributed by atoms with E-state index >= 15 is 0 Å². The Morgan fingerprint density at radius 2 is 2.29 bits per heavy atom. The Morgan fingerprint density at radius 1 is 1.65 bits per heavy atom. The van der Waals surface area contributed by atoms with Gasteiger partial charge < -0.3 is 15.1 Å². The summed E-state index contributed by atoms with van der Waals surface area (Å²) >= 11 is 0. The maximum absolute atomic E-state index is 10.8. The maximum atomic E-state index is 10.8. The van der Waals surface area contributed by atoms with Crippen LogP contribution in [0.1, 0.15) is 10.5 Å². The molecule has 17 heavy (non-hydrogen) atoms. The second-order valence-corrected chi connectivity index (χ2v) is 5.31. The summed E-state index contributed by atoms with van der Waals surface area (Å²) in [6.45, 7) is 0.678. The molecule has 1 amide bonds. The van der Waals surface area contributed by atoms with E-state index in [1.807, 2.05) is 0 Å². The lowest BCUT2D eigenvalue weighted by Gasteiger charge is -2.36. The van der Waals surface area contributed by atoms with Gasteiger partial charge in [0, 0.05) is 0 Å². The zero-order valence-electron chi connectivity index (χ0n) is 8.99. The van der Waals surface area contributed by atoms with E-state index in [1.165, 1.54) is 0 Å². The zero-order valence-corrected chi connectivity index (χ0v) is 9.81. The number of primary amides is 1. The van der Waals surface area contributed by atoms with Crippen molar-refractivity contribution in [3.8, 4) is 0 Å². The maximum Gasteiger partial charge on any atom is 0.298 e. The molecule has 1 aliphatic rings. The summed E-state index contributed by atoms with van der Waals surface area (Å²) in [5.74, 6) is -0.676. The number of amides is 1. The molecule has 1 fully saturated rings. The van der Waals surface area contributed by atoms with Gasteiger partial charge in [0.2, 0.25) is 0 Å². The van der Waals surface area contributed by atoms with E-state index in [1.54, 1.807) is 4.90 Å². The first-order valence-corrected chi connectivity index (χ1v) is 6.55. The third kappa shape index (κ3) is 2.74. The highest BCUT2D eigenvalue weighted by Crippen LogP contribution is 2.22. The molecule has 2 N–H and O–H groups in total. The molecule has 2 heterocycles. The van der Waals surface area contributed by atoms with E-state index in [0.29, 0.717) is 13.1 Å². The Bertz CT molecular complexity index is 531. The van der Waals surface area contributed by atoms with Crippen LogP contribution in [-0.2, 0) is 14.3 Å². The molecule has 0 radical (unpaired) electrons. The van der Waals surface area contributed by atoms with E-state index in [-0.39, 0.29) is 11.7 Å². The van der Waals surface area contributed by atoms with Gasteiger partial charge >= 0.3 is 0 Å². The fraction of sp³-hybridized carbons (Fsp3) is 0.500. The number of anilines is 1. The van der Waals surface area contributed by atoms with E-state index in [2.05, 4.69) is 4.98 Å². The Kier molecular flexibility index (Phi) is 2.79. The number of hydrogen-bond acceptors (Lipinski definition) is 7. The minimum atomic E-state index is -3.45. The molecule has 0 aliphatic carbocycles. The molecule has 9 heteroatoms. The Morgan fingerprint density at radius 3 is 2.76 bits per heavy atom. The van der Waals surface area contributed by atoms with Crippen LogP contribution in [0.3, 0.4) is 0 Å². The summed E-state index contributed by atoms with van der Waals surface area (Å²) < 4.78 is 31.4. The number of nitrogens with zero attached hydrogens (tertiary/aromatic N) is 2. The van der Waals surface area contributed by atoms with E-state index < -0.39 is 22.1 Å². The van der Waals surface area contributed by atoms with Crippen LogP contribution in [0.4, 0.5) is 6.01 Å². The first-order valence-electron chi connectivity index (χ1n) is 4.74. The minimum Gasteiger partial charge on any atom is -0.431 e. The predicted octanol–water partition coefficient (Wildman–Crippen LogP) is -1.06. The monoisotopic (exact) mass is 261 g/mol. The van der Waals surface area contributed by atoms with Crippen molar-refractivity contribution in [2.45, 2.75) is 6.10 Å². The van der Waals surface area contributed by atoms with Crippen LogP contribution in [0.5, 0.6) is 0 Å². The van der Waals surface area contributed by atoms with Crippen molar-refractivity contribution in [3.05, 3.63) is 12.0 Å². The molecule has 0 spiro atoms. The van der Waals surface area contributed by atoms with Crippen LogP contribution in [0.15, 0.2) is 10.7 Å². The van der Waals surface area contributed by atoms with Gasteiger partial charge in [-0.05, 0) is 0 Å². The number of rotatable bonds is 4. The lowest BCUT2D eigenvalue weighted by atomic mass is 10.2. The van der Waals surface area contributed by atoms with Crippen molar-refractivity contribution in [3.63, 3.8) is 0 Å².